The number of rotatable bonds is 3. The highest BCUT2D eigenvalue weighted by Crippen LogP contribution is 2.34. The Balaban J connectivity index is 1.69. The van der Waals surface area contributed by atoms with Crippen LogP contribution < -0.4 is 5.32 Å². The number of fused-ring (bicyclic) bond motifs is 1. The van der Waals surface area contributed by atoms with Crippen molar-refractivity contribution in [1.29, 1.82) is 0 Å². The summed E-state index contributed by atoms with van der Waals surface area (Å²) in [5.74, 6) is 0.721. The number of ketones is 1. The van der Waals surface area contributed by atoms with E-state index in [0.717, 1.165) is 25.0 Å². The van der Waals surface area contributed by atoms with Crippen LogP contribution in [0.3, 0.4) is 0 Å². The van der Waals surface area contributed by atoms with E-state index < -0.39 is 0 Å². The van der Waals surface area contributed by atoms with Gasteiger partial charge in [0.05, 0.1) is 0 Å². The molecular formula is C17H21NO. The fourth-order valence-corrected chi connectivity index (χ4v) is 3.16. The van der Waals surface area contributed by atoms with Crippen LogP contribution in [0.25, 0.3) is 0 Å². The van der Waals surface area contributed by atoms with Gasteiger partial charge in [-0.15, -0.1) is 0 Å². The molecule has 19 heavy (non-hydrogen) atoms. The lowest BCUT2D eigenvalue weighted by Crippen LogP contribution is -2.11. The third-order valence-corrected chi connectivity index (χ3v) is 4.27. The molecule has 1 aliphatic heterocycles. The van der Waals surface area contributed by atoms with Crippen molar-refractivity contribution in [3.8, 4) is 0 Å². The van der Waals surface area contributed by atoms with Gasteiger partial charge in [0.1, 0.15) is 0 Å². The molecule has 0 spiro atoms. The predicted molar refractivity (Wildman–Crippen MR) is 78.5 cm³/mol. The van der Waals surface area contributed by atoms with Crippen molar-refractivity contribution >= 4 is 11.5 Å². The summed E-state index contributed by atoms with van der Waals surface area (Å²) in [6, 6.07) is 8.36. The number of hydrogen-bond acceptors (Lipinski definition) is 2. The first-order valence-corrected chi connectivity index (χ1v) is 7.39. The Morgan fingerprint density at radius 3 is 3.05 bits per heavy atom. The van der Waals surface area contributed by atoms with Gasteiger partial charge in [-0.3, -0.25) is 4.79 Å². The first-order chi connectivity index (χ1) is 9.34. The van der Waals surface area contributed by atoms with Gasteiger partial charge in [0.15, 0.2) is 5.78 Å². The molecule has 0 bridgehead atoms. The van der Waals surface area contributed by atoms with Crippen molar-refractivity contribution in [2.24, 2.45) is 0 Å². The molecule has 0 aromatic heterocycles. The number of allylic oxidation sites excluding steroid dienone is 2. The maximum absolute atomic E-state index is 12.4. The number of carbonyl (C=O) groups excluding carboxylic acids is 1. The van der Waals surface area contributed by atoms with Crippen LogP contribution in [0.4, 0.5) is 5.69 Å². The van der Waals surface area contributed by atoms with E-state index >= 15 is 0 Å². The lowest BCUT2D eigenvalue weighted by Gasteiger charge is -2.11. The molecule has 2 aliphatic rings. The molecule has 2 nitrogen and oxygen atoms in total. The first-order valence-electron chi connectivity index (χ1n) is 7.39. The summed E-state index contributed by atoms with van der Waals surface area (Å²) in [4.78, 5) is 12.4. The maximum Gasteiger partial charge on any atom is 0.159 e. The highest BCUT2D eigenvalue weighted by Gasteiger charge is 2.25. The summed E-state index contributed by atoms with van der Waals surface area (Å²) in [5.41, 5.74) is 3.60. The summed E-state index contributed by atoms with van der Waals surface area (Å²) < 4.78 is 0. The zero-order valence-corrected chi connectivity index (χ0v) is 11.3. The Morgan fingerprint density at radius 2 is 2.11 bits per heavy atom. The molecule has 0 fully saturated rings. The summed E-state index contributed by atoms with van der Waals surface area (Å²) in [6.07, 6.45) is 8.60. The largest absolute Gasteiger partial charge is 0.384 e. The predicted octanol–water partition coefficient (Wildman–Crippen LogP) is 4.05. The summed E-state index contributed by atoms with van der Waals surface area (Å²) in [5, 5.41) is 3.40. The van der Waals surface area contributed by atoms with Crippen LogP contribution in [0, 0.1) is 0 Å². The molecule has 1 heterocycles. The van der Waals surface area contributed by atoms with Crippen LogP contribution >= 0.6 is 0 Å². The van der Waals surface area contributed by atoms with Crippen molar-refractivity contribution in [2.45, 2.75) is 44.4 Å². The monoisotopic (exact) mass is 255 g/mol. The Kier molecular flexibility index (Phi) is 3.67. The Morgan fingerprint density at radius 1 is 1.21 bits per heavy atom. The van der Waals surface area contributed by atoms with Crippen molar-refractivity contribution in [1.82, 2.24) is 0 Å². The van der Waals surface area contributed by atoms with Crippen LogP contribution in [0.2, 0.25) is 0 Å². The number of para-hydroxylation sites is 1. The van der Waals surface area contributed by atoms with Crippen LogP contribution in [-0.2, 0) is 4.79 Å². The van der Waals surface area contributed by atoms with E-state index in [9.17, 15) is 4.79 Å². The number of benzene rings is 1. The highest BCUT2D eigenvalue weighted by molar-refractivity contribution is 5.96. The Bertz CT molecular complexity index is 504. The normalized spacial score (nSPS) is 22.1. The van der Waals surface area contributed by atoms with Crippen molar-refractivity contribution < 1.29 is 4.79 Å². The molecule has 1 unspecified atom stereocenters. The van der Waals surface area contributed by atoms with E-state index in [2.05, 4.69) is 29.6 Å². The second-order valence-electron chi connectivity index (χ2n) is 5.62. The molecule has 0 saturated heterocycles. The maximum atomic E-state index is 12.4. The van der Waals surface area contributed by atoms with E-state index in [1.165, 1.54) is 30.5 Å². The molecule has 1 aliphatic carbocycles. The zero-order valence-electron chi connectivity index (χ0n) is 11.3. The van der Waals surface area contributed by atoms with E-state index in [0.29, 0.717) is 18.1 Å². The minimum Gasteiger partial charge on any atom is -0.384 e. The van der Waals surface area contributed by atoms with Crippen molar-refractivity contribution in [3.63, 3.8) is 0 Å². The van der Waals surface area contributed by atoms with Crippen molar-refractivity contribution in [2.75, 3.05) is 11.9 Å². The standard InChI is InChI=1S/C17H21NO/c19-17(13-7-3-1-2-4-8-13)11-14-12-18-16-10-6-5-9-15(14)16/h5-7,9-10,14,18H,1-4,8,11-12H2. The highest BCUT2D eigenvalue weighted by atomic mass is 16.1. The van der Waals surface area contributed by atoms with Gasteiger partial charge in [0, 0.05) is 24.6 Å². The molecule has 1 atom stereocenters. The quantitative estimate of drug-likeness (QED) is 0.883. The Labute approximate surface area is 114 Å². The van der Waals surface area contributed by atoms with Gasteiger partial charge in [-0.2, -0.15) is 0 Å². The average Bonchev–Trinajstić information content (AvgIpc) is 2.66. The fraction of sp³-hybridized carbons (Fsp3) is 0.471. The minimum atomic E-state index is 0.354. The molecule has 1 aromatic carbocycles. The zero-order chi connectivity index (χ0) is 13.1. The SMILES string of the molecule is O=C(CC1CNc2ccccc21)C1=CCCCCC1. The molecule has 2 heteroatoms. The molecule has 0 saturated carbocycles. The number of nitrogens with one attached hydrogen (secondary N) is 1. The van der Waals surface area contributed by atoms with Gasteiger partial charge in [0.25, 0.3) is 0 Å². The third kappa shape index (κ3) is 2.73. The number of anilines is 1. The number of carbonyl (C=O) groups is 1. The van der Waals surface area contributed by atoms with Gasteiger partial charge in [-0.25, -0.2) is 0 Å². The third-order valence-electron chi connectivity index (χ3n) is 4.27. The second kappa shape index (κ2) is 5.60. The molecule has 100 valence electrons. The van der Waals surface area contributed by atoms with Crippen LogP contribution in [0.5, 0.6) is 0 Å². The van der Waals surface area contributed by atoms with Crippen molar-refractivity contribution in [3.05, 3.63) is 41.5 Å². The summed E-state index contributed by atoms with van der Waals surface area (Å²) >= 11 is 0. The molecule has 0 amide bonds. The van der Waals surface area contributed by atoms with Crippen LogP contribution in [-0.4, -0.2) is 12.3 Å². The topological polar surface area (TPSA) is 29.1 Å². The van der Waals surface area contributed by atoms with Gasteiger partial charge in [-0.05, 0) is 42.9 Å². The lowest BCUT2D eigenvalue weighted by atomic mass is 9.92. The van der Waals surface area contributed by atoms with Gasteiger partial charge in [0.2, 0.25) is 0 Å². The molecule has 3 rings (SSSR count). The smallest absolute Gasteiger partial charge is 0.159 e. The Hall–Kier alpha value is -1.57. The van der Waals surface area contributed by atoms with E-state index in [-0.39, 0.29) is 0 Å². The van der Waals surface area contributed by atoms with Gasteiger partial charge < -0.3 is 5.32 Å². The van der Waals surface area contributed by atoms with E-state index in [1.54, 1.807) is 0 Å². The molecular weight excluding hydrogens is 234 g/mol. The van der Waals surface area contributed by atoms with Gasteiger partial charge in [-0.1, -0.05) is 30.7 Å². The lowest BCUT2D eigenvalue weighted by molar-refractivity contribution is -0.116. The van der Waals surface area contributed by atoms with Gasteiger partial charge >= 0.3 is 0 Å². The first kappa shape index (κ1) is 12.5. The average molecular weight is 255 g/mol. The summed E-state index contributed by atoms with van der Waals surface area (Å²) in [6.45, 7) is 0.901. The molecule has 1 aromatic rings. The minimum absolute atomic E-state index is 0.354. The van der Waals surface area contributed by atoms with Crippen LogP contribution in [0.15, 0.2) is 35.9 Å². The second-order valence-corrected chi connectivity index (χ2v) is 5.62. The van der Waals surface area contributed by atoms with E-state index in [4.69, 9.17) is 0 Å². The number of Topliss-reactive ketones (excluding diaryl/α,β-unsaturated/α-hetero) is 1. The fourth-order valence-electron chi connectivity index (χ4n) is 3.16. The molecule has 0 radical (unpaired) electrons. The van der Waals surface area contributed by atoms with Crippen LogP contribution in [0.1, 0.15) is 50.0 Å². The summed E-state index contributed by atoms with van der Waals surface area (Å²) in [7, 11) is 0. The van der Waals surface area contributed by atoms with E-state index in [1.807, 2.05) is 6.07 Å². The molecule has 1 N–H and O–H groups in total. The number of hydrogen-bond donors (Lipinski definition) is 1.